The lowest BCUT2D eigenvalue weighted by molar-refractivity contribution is 0.0612. The van der Waals surface area contributed by atoms with Crippen molar-refractivity contribution in [3.05, 3.63) is 28.8 Å². The van der Waals surface area contributed by atoms with E-state index in [1.807, 2.05) is 0 Å². The third-order valence-corrected chi connectivity index (χ3v) is 8.17. The van der Waals surface area contributed by atoms with E-state index < -0.39 is 0 Å². The highest BCUT2D eigenvalue weighted by Crippen LogP contribution is 2.59. The number of nitrogens with zero attached hydrogens (tertiary/aromatic N) is 1. The highest BCUT2D eigenvalue weighted by atomic mass is 16.5. The second-order valence-corrected chi connectivity index (χ2v) is 10.1. The van der Waals surface area contributed by atoms with Crippen molar-refractivity contribution in [2.24, 2.45) is 29.6 Å². The zero-order valence-electron chi connectivity index (χ0n) is 18.3. The Labute approximate surface area is 171 Å². The van der Waals surface area contributed by atoms with E-state index in [2.05, 4.69) is 45.0 Å². The van der Waals surface area contributed by atoms with Gasteiger partial charge in [-0.05, 0) is 118 Å². The van der Waals surface area contributed by atoms with E-state index in [0.29, 0.717) is 5.75 Å². The summed E-state index contributed by atoms with van der Waals surface area (Å²) in [7, 11) is 4.21. The molecule has 2 fully saturated rings. The van der Waals surface area contributed by atoms with Gasteiger partial charge in [0.25, 0.3) is 0 Å². The Hall–Kier alpha value is -1.06. The molecule has 6 atom stereocenters. The van der Waals surface area contributed by atoms with Crippen LogP contribution in [0.4, 0.5) is 0 Å². The van der Waals surface area contributed by atoms with Crippen LogP contribution in [0.25, 0.3) is 0 Å². The molecule has 2 saturated carbocycles. The van der Waals surface area contributed by atoms with Crippen LogP contribution in [0.15, 0.2) is 12.1 Å². The van der Waals surface area contributed by atoms with Crippen LogP contribution in [-0.4, -0.2) is 43.9 Å². The molecule has 0 amide bonds. The number of rotatable bonds is 6. The van der Waals surface area contributed by atoms with Crippen LogP contribution in [-0.2, 0) is 11.2 Å². The van der Waals surface area contributed by atoms with E-state index in [1.54, 1.807) is 5.56 Å². The Morgan fingerprint density at radius 3 is 2.64 bits per heavy atom. The highest BCUT2D eigenvalue weighted by molar-refractivity contribution is 5.45. The first-order valence-electron chi connectivity index (χ1n) is 11.5. The van der Waals surface area contributed by atoms with Crippen LogP contribution in [0.3, 0.4) is 0 Å². The van der Waals surface area contributed by atoms with Gasteiger partial charge in [0.05, 0.1) is 6.61 Å². The molecule has 156 valence electrons. The van der Waals surface area contributed by atoms with Gasteiger partial charge in [0.2, 0.25) is 0 Å². The molecule has 0 bridgehead atoms. The Morgan fingerprint density at radius 2 is 1.86 bits per heavy atom. The van der Waals surface area contributed by atoms with Crippen molar-refractivity contribution >= 4 is 0 Å². The summed E-state index contributed by atoms with van der Waals surface area (Å²) in [5.41, 5.74) is 4.03. The summed E-state index contributed by atoms with van der Waals surface area (Å²) in [6, 6.07) is 4.37. The number of aromatic hydroxyl groups is 1. The van der Waals surface area contributed by atoms with Gasteiger partial charge in [0, 0.05) is 13.2 Å². The van der Waals surface area contributed by atoms with Gasteiger partial charge < -0.3 is 14.7 Å². The fourth-order valence-electron chi connectivity index (χ4n) is 6.87. The van der Waals surface area contributed by atoms with Crippen molar-refractivity contribution in [1.82, 2.24) is 4.90 Å². The maximum atomic E-state index is 10.2. The number of phenols is 1. The molecular formula is C25H39NO2. The summed E-state index contributed by atoms with van der Waals surface area (Å²) in [6.45, 7) is 7.34. The van der Waals surface area contributed by atoms with Crippen molar-refractivity contribution in [3.63, 3.8) is 0 Å². The molecule has 0 heterocycles. The molecule has 1 N–H and O–H groups in total. The number of hydrogen-bond acceptors (Lipinski definition) is 3. The van der Waals surface area contributed by atoms with Crippen LogP contribution in [0.2, 0.25) is 0 Å². The fourth-order valence-corrected chi connectivity index (χ4v) is 6.87. The number of ether oxygens (including phenoxy) is 1. The van der Waals surface area contributed by atoms with Crippen molar-refractivity contribution in [2.75, 3.05) is 33.9 Å². The predicted octanol–water partition coefficient (Wildman–Crippen LogP) is 5.00. The van der Waals surface area contributed by atoms with E-state index >= 15 is 0 Å². The largest absolute Gasteiger partial charge is 0.508 e. The van der Waals surface area contributed by atoms with E-state index in [1.165, 1.54) is 37.7 Å². The molecule has 3 heteroatoms. The average molecular weight is 386 g/mol. The van der Waals surface area contributed by atoms with E-state index in [4.69, 9.17) is 4.74 Å². The van der Waals surface area contributed by atoms with Crippen molar-refractivity contribution in [1.29, 1.82) is 0 Å². The number of benzene rings is 1. The summed E-state index contributed by atoms with van der Waals surface area (Å²) in [4.78, 5) is 2.19. The Balaban J connectivity index is 1.42. The van der Waals surface area contributed by atoms with Gasteiger partial charge >= 0.3 is 0 Å². The molecule has 1 aromatic rings. The predicted molar refractivity (Wildman–Crippen MR) is 115 cm³/mol. The molecule has 1 aromatic carbocycles. The highest BCUT2D eigenvalue weighted by Gasteiger charge is 2.49. The van der Waals surface area contributed by atoms with E-state index in [0.717, 1.165) is 67.3 Å². The zero-order valence-corrected chi connectivity index (χ0v) is 18.3. The van der Waals surface area contributed by atoms with Gasteiger partial charge in [0.15, 0.2) is 0 Å². The SMILES string of the molecule is Cc1cc2c(cc1O)CC(C)C1C2CCC2C1CC[C@@H]2CCOCCN(C)C. The van der Waals surface area contributed by atoms with E-state index in [-0.39, 0.29) is 0 Å². The van der Waals surface area contributed by atoms with Gasteiger partial charge in [0.1, 0.15) is 5.75 Å². The van der Waals surface area contributed by atoms with Crippen molar-refractivity contribution in [2.45, 2.75) is 58.3 Å². The first-order chi connectivity index (χ1) is 13.5. The Kier molecular flexibility index (Phi) is 6.04. The Bertz CT molecular complexity index is 685. The standard InChI is InChI=1S/C25H39NO2/c1-16-14-23-19(15-24(16)27)13-17(2)25-21-6-5-18(20(21)7-8-22(23)25)9-11-28-12-10-26(3)4/h14-15,17-18,20-22,25,27H,5-13H2,1-4H3/t17?,18-,20?,21?,22?,25?/m1/s1. The van der Waals surface area contributed by atoms with Crippen LogP contribution in [0, 0.1) is 36.5 Å². The molecular weight excluding hydrogens is 346 g/mol. The van der Waals surface area contributed by atoms with E-state index in [9.17, 15) is 5.11 Å². The number of fused-ring (bicyclic) bond motifs is 5. The second-order valence-electron chi connectivity index (χ2n) is 10.1. The molecule has 0 spiro atoms. The normalized spacial score (nSPS) is 34.2. The van der Waals surface area contributed by atoms with Crippen LogP contribution >= 0.6 is 0 Å². The molecule has 3 nitrogen and oxygen atoms in total. The molecule has 3 aliphatic carbocycles. The molecule has 4 rings (SSSR count). The molecule has 0 saturated heterocycles. The first kappa shape index (κ1) is 20.2. The van der Waals surface area contributed by atoms with Crippen LogP contribution in [0.1, 0.15) is 61.6 Å². The summed E-state index contributed by atoms with van der Waals surface area (Å²) in [5.74, 6) is 5.48. The summed E-state index contributed by atoms with van der Waals surface area (Å²) < 4.78 is 5.92. The monoisotopic (exact) mass is 385 g/mol. The van der Waals surface area contributed by atoms with Gasteiger partial charge in [-0.3, -0.25) is 0 Å². The maximum absolute atomic E-state index is 10.2. The van der Waals surface area contributed by atoms with Crippen LogP contribution < -0.4 is 0 Å². The second kappa shape index (κ2) is 8.36. The molecule has 0 aliphatic heterocycles. The Morgan fingerprint density at radius 1 is 1.07 bits per heavy atom. The summed E-state index contributed by atoms with van der Waals surface area (Å²) >= 11 is 0. The van der Waals surface area contributed by atoms with Crippen molar-refractivity contribution < 1.29 is 9.84 Å². The minimum Gasteiger partial charge on any atom is -0.508 e. The molecule has 0 aromatic heterocycles. The zero-order chi connectivity index (χ0) is 19.8. The average Bonchev–Trinajstić information content (AvgIpc) is 3.06. The minimum atomic E-state index is 0.480. The third-order valence-electron chi connectivity index (χ3n) is 8.17. The van der Waals surface area contributed by atoms with Gasteiger partial charge in [-0.15, -0.1) is 0 Å². The smallest absolute Gasteiger partial charge is 0.118 e. The van der Waals surface area contributed by atoms with Gasteiger partial charge in [-0.2, -0.15) is 0 Å². The van der Waals surface area contributed by atoms with Gasteiger partial charge in [-0.25, -0.2) is 0 Å². The minimum absolute atomic E-state index is 0.480. The number of hydrogen-bond donors (Lipinski definition) is 1. The summed E-state index contributed by atoms with van der Waals surface area (Å²) in [5, 5.41) is 10.2. The first-order valence-corrected chi connectivity index (χ1v) is 11.5. The van der Waals surface area contributed by atoms with Crippen molar-refractivity contribution in [3.8, 4) is 5.75 Å². The lowest BCUT2D eigenvalue weighted by atomic mass is 9.56. The number of phenolic OH excluding ortho intramolecular Hbond substituents is 1. The van der Waals surface area contributed by atoms with Crippen LogP contribution in [0.5, 0.6) is 5.75 Å². The fraction of sp³-hybridized carbons (Fsp3) is 0.760. The maximum Gasteiger partial charge on any atom is 0.118 e. The topological polar surface area (TPSA) is 32.7 Å². The lowest BCUT2D eigenvalue weighted by Crippen LogP contribution is -2.40. The molecule has 28 heavy (non-hydrogen) atoms. The summed E-state index contributed by atoms with van der Waals surface area (Å²) in [6.07, 6.45) is 7.95. The quantitative estimate of drug-likeness (QED) is 0.700. The molecule has 0 radical (unpaired) electrons. The molecule has 3 aliphatic rings. The number of aryl methyl sites for hydroxylation is 1. The molecule has 5 unspecified atom stereocenters. The third kappa shape index (κ3) is 3.85. The number of likely N-dealkylation sites (N-methyl/N-ethyl adjacent to an activating group) is 1. The van der Waals surface area contributed by atoms with Gasteiger partial charge in [-0.1, -0.05) is 13.0 Å². The lowest BCUT2D eigenvalue weighted by Gasteiger charge is -2.48.